The number of hydrogen-bond acceptors (Lipinski definition) is 5. The van der Waals surface area contributed by atoms with Crippen LogP contribution in [0.1, 0.15) is 33.1 Å². The number of anilines is 1. The summed E-state index contributed by atoms with van der Waals surface area (Å²) in [4.78, 5) is 25.4. The monoisotopic (exact) mass is 364 g/mol. The maximum Gasteiger partial charge on any atom is 0.251 e. The van der Waals surface area contributed by atoms with Crippen LogP contribution in [-0.4, -0.2) is 38.5 Å². The number of carbonyl (C=O) groups is 1. The summed E-state index contributed by atoms with van der Waals surface area (Å²) in [6, 6.07) is 9.41. The van der Waals surface area contributed by atoms with E-state index >= 15 is 0 Å². The fourth-order valence-corrected chi connectivity index (χ4v) is 2.75. The van der Waals surface area contributed by atoms with Gasteiger partial charge in [0, 0.05) is 30.4 Å². The first-order valence-electron chi connectivity index (χ1n) is 8.89. The van der Waals surface area contributed by atoms with Crippen LogP contribution in [0.15, 0.2) is 36.7 Å². The van der Waals surface area contributed by atoms with Crippen LogP contribution in [0.4, 0.5) is 5.82 Å². The second kappa shape index (κ2) is 7.99. The van der Waals surface area contributed by atoms with Crippen LogP contribution < -0.4 is 10.6 Å². The largest absolute Gasteiger partial charge is 0.368 e. The van der Waals surface area contributed by atoms with Crippen LogP contribution >= 0.6 is 0 Å². The van der Waals surface area contributed by atoms with Gasteiger partial charge in [-0.15, -0.1) is 0 Å². The Bertz CT molecular complexity index is 963. The fourth-order valence-electron chi connectivity index (χ4n) is 2.75. The molecule has 0 radical (unpaired) electrons. The van der Waals surface area contributed by atoms with E-state index in [-0.39, 0.29) is 5.91 Å². The van der Waals surface area contributed by atoms with Crippen molar-refractivity contribution < 1.29 is 4.79 Å². The molecule has 1 amide bonds. The average molecular weight is 364 g/mol. The molecule has 0 atom stereocenters. The molecule has 0 fully saturated rings. The fraction of sp³-hybridized carbons (Fsp3) is 0.300. The minimum Gasteiger partial charge on any atom is -0.368 e. The van der Waals surface area contributed by atoms with E-state index in [0.29, 0.717) is 30.3 Å². The van der Waals surface area contributed by atoms with E-state index in [1.807, 2.05) is 62.6 Å². The Morgan fingerprint density at radius 3 is 2.59 bits per heavy atom. The zero-order valence-corrected chi connectivity index (χ0v) is 16.1. The third-order valence-electron chi connectivity index (χ3n) is 4.32. The van der Waals surface area contributed by atoms with Crippen molar-refractivity contribution in [2.24, 2.45) is 0 Å². The number of benzene rings is 1. The molecule has 2 N–H and O–H groups in total. The highest BCUT2D eigenvalue weighted by molar-refractivity contribution is 5.94. The Morgan fingerprint density at radius 1 is 1.07 bits per heavy atom. The third-order valence-corrected chi connectivity index (χ3v) is 4.32. The highest BCUT2D eigenvalue weighted by atomic mass is 16.1. The zero-order chi connectivity index (χ0) is 19.4. The van der Waals surface area contributed by atoms with Crippen molar-refractivity contribution in [2.45, 2.75) is 27.7 Å². The standard InChI is InChI=1S/C20H24N6O/c1-13-6-5-7-17(10-13)20(27)22-9-8-21-18-11-19(25-16(4)24-18)26-12-23-14(2)15(26)3/h5-7,10-12H,8-9H2,1-4H3,(H,22,27)(H,21,24,25). The Kier molecular flexibility index (Phi) is 5.49. The molecule has 0 bridgehead atoms. The SMILES string of the molecule is Cc1cccc(C(=O)NCCNc2cc(-n3cnc(C)c3C)nc(C)n2)c1. The second-order valence-electron chi connectivity index (χ2n) is 6.50. The lowest BCUT2D eigenvalue weighted by molar-refractivity contribution is 0.0955. The van der Waals surface area contributed by atoms with Crippen LogP contribution in [0, 0.1) is 27.7 Å². The quantitative estimate of drug-likeness (QED) is 0.657. The lowest BCUT2D eigenvalue weighted by Crippen LogP contribution is -2.29. The van der Waals surface area contributed by atoms with E-state index in [1.165, 1.54) is 0 Å². The number of hydrogen-bond donors (Lipinski definition) is 2. The number of aryl methyl sites for hydroxylation is 3. The van der Waals surface area contributed by atoms with E-state index in [9.17, 15) is 4.79 Å². The van der Waals surface area contributed by atoms with Gasteiger partial charge in [0.25, 0.3) is 5.91 Å². The summed E-state index contributed by atoms with van der Waals surface area (Å²) >= 11 is 0. The predicted molar refractivity (Wildman–Crippen MR) is 105 cm³/mol. The van der Waals surface area contributed by atoms with Gasteiger partial charge in [-0.05, 0) is 39.8 Å². The Balaban J connectivity index is 1.60. The molecule has 7 heteroatoms. The number of amides is 1. The molecular weight excluding hydrogens is 340 g/mol. The molecule has 7 nitrogen and oxygen atoms in total. The van der Waals surface area contributed by atoms with Crippen LogP contribution in [0.3, 0.4) is 0 Å². The molecule has 27 heavy (non-hydrogen) atoms. The van der Waals surface area contributed by atoms with Crippen molar-refractivity contribution in [1.82, 2.24) is 24.8 Å². The minimum atomic E-state index is -0.0791. The Hall–Kier alpha value is -3.22. The van der Waals surface area contributed by atoms with Crippen molar-refractivity contribution in [3.63, 3.8) is 0 Å². The average Bonchev–Trinajstić information content (AvgIpc) is 2.97. The topological polar surface area (TPSA) is 84.7 Å². The van der Waals surface area contributed by atoms with Crippen molar-refractivity contribution in [1.29, 1.82) is 0 Å². The number of nitrogens with one attached hydrogen (secondary N) is 2. The number of rotatable bonds is 6. The molecule has 0 saturated heterocycles. The summed E-state index contributed by atoms with van der Waals surface area (Å²) < 4.78 is 1.94. The van der Waals surface area contributed by atoms with Gasteiger partial charge in [-0.3, -0.25) is 9.36 Å². The lowest BCUT2D eigenvalue weighted by Gasteiger charge is -2.11. The summed E-state index contributed by atoms with van der Waals surface area (Å²) in [6.07, 6.45) is 1.76. The van der Waals surface area contributed by atoms with Gasteiger partial charge >= 0.3 is 0 Å². The van der Waals surface area contributed by atoms with Gasteiger partial charge in [0.1, 0.15) is 23.8 Å². The molecular formula is C20H24N6O. The van der Waals surface area contributed by atoms with Gasteiger partial charge in [-0.1, -0.05) is 17.7 Å². The number of aromatic nitrogens is 4. The van der Waals surface area contributed by atoms with E-state index in [2.05, 4.69) is 25.6 Å². The molecule has 0 aliphatic carbocycles. The van der Waals surface area contributed by atoms with Gasteiger partial charge in [-0.25, -0.2) is 15.0 Å². The van der Waals surface area contributed by atoms with Gasteiger partial charge in [0.2, 0.25) is 0 Å². The first-order chi connectivity index (χ1) is 12.9. The molecule has 0 spiro atoms. The summed E-state index contributed by atoms with van der Waals surface area (Å²) in [5, 5.41) is 6.15. The van der Waals surface area contributed by atoms with Crippen molar-refractivity contribution in [2.75, 3.05) is 18.4 Å². The minimum absolute atomic E-state index is 0.0791. The molecule has 1 aromatic carbocycles. The first-order valence-corrected chi connectivity index (χ1v) is 8.89. The van der Waals surface area contributed by atoms with Crippen LogP contribution in [0.5, 0.6) is 0 Å². The Labute approximate surface area is 158 Å². The van der Waals surface area contributed by atoms with Gasteiger partial charge in [0.05, 0.1) is 5.69 Å². The van der Waals surface area contributed by atoms with Gasteiger partial charge in [0.15, 0.2) is 0 Å². The third kappa shape index (κ3) is 4.49. The first kappa shape index (κ1) is 18.6. The van der Waals surface area contributed by atoms with Crippen molar-refractivity contribution >= 4 is 11.7 Å². The Morgan fingerprint density at radius 2 is 1.89 bits per heavy atom. The van der Waals surface area contributed by atoms with Crippen LogP contribution in [-0.2, 0) is 0 Å². The summed E-state index contributed by atoms with van der Waals surface area (Å²) in [7, 11) is 0. The van der Waals surface area contributed by atoms with Crippen LogP contribution in [0.25, 0.3) is 5.82 Å². The molecule has 3 rings (SSSR count). The molecule has 0 aliphatic rings. The maximum atomic E-state index is 12.2. The molecule has 0 unspecified atom stereocenters. The zero-order valence-electron chi connectivity index (χ0n) is 16.1. The highest BCUT2D eigenvalue weighted by Gasteiger charge is 2.09. The molecule has 2 aromatic heterocycles. The highest BCUT2D eigenvalue weighted by Crippen LogP contribution is 2.15. The summed E-state index contributed by atoms with van der Waals surface area (Å²) in [5.74, 6) is 2.08. The van der Waals surface area contributed by atoms with E-state index < -0.39 is 0 Å². The molecule has 140 valence electrons. The van der Waals surface area contributed by atoms with Crippen LogP contribution in [0.2, 0.25) is 0 Å². The maximum absolute atomic E-state index is 12.2. The van der Waals surface area contributed by atoms with Crippen molar-refractivity contribution in [3.05, 3.63) is 65.0 Å². The predicted octanol–water partition coefficient (Wildman–Crippen LogP) is 2.74. The van der Waals surface area contributed by atoms with E-state index in [0.717, 1.165) is 22.8 Å². The van der Waals surface area contributed by atoms with Gasteiger partial charge in [-0.2, -0.15) is 0 Å². The normalized spacial score (nSPS) is 10.7. The summed E-state index contributed by atoms with van der Waals surface area (Å²) in [5.41, 5.74) is 3.75. The van der Waals surface area contributed by atoms with Gasteiger partial charge < -0.3 is 10.6 Å². The molecule has 2 heterocycles. The smallest absolute Gasteiger partial charge is 0.251 e. The van der Waals surface area contributed by atoms with Crippen molar-refractivity contribution in [3.8, 4) is 5.82 Å². The number of nitrogens with zero attached hydrogens (tertiary/aromatic N) is 4. The van der Waals surface area contributed by atoms with E-state index in [4.69, 9.17) is 0 Å². The van der Waals surface area contributed by atoms with E-state index in [1.54, 1.807) is 6.33 Å². The summed E-state index contributed by atoms with van der Waals surface area (Å²) in [6.45, 7) is 8.86. The lowest BCUT2D eigenvalue weighted by atomic mass is 10.1. The molecule has 0 aliphatic heterocycles. The molecule has 3 aromatic rings. The second-order valence-corrected chi connectivity index (χ2v) is 6.50. The number of carbonyl (C=O) groups excluding carboxylic acids is 1. The molecule has 0 saturated carbocycles. The number of imidazole rings is 1.